The molecule has 1 aromatic carbocycles. The highest BCUT2D eigenvalue weighted by Gasteiger charge is 2.27. The van der Waals surface area contributed by atoms with E-state index in [9.17, 15) is 9.18 Å². The summed E-state index contributed by atoms with van der Waals surface area (Å²) in [6.45, 7) is 1.37. The van der Waals surface area contributed by atoms with Gasteiger partial charge in [-0.15, -0.1) is 15.3 Å². The number of halogens is 1. The minimum atomic E-state index is -0.428. The average Bonchev–Trinajstić information content (AvgIpc) is 3.11. The fourth-order valence-corrected chi connectivity index (χ4v) is 3.08. The van der Waals surface area contributed by atoms with Crippen LogP contribution in [0.2, 0.25) is 0 Å². The number of nitrogens with zero attached hydrogens (tertiary/aromatic N) is 5. The SMILES string of the molecule is O=C(Nc1ccccc1F)[C@@H]1CCCN(c2ccc3nncn3n2)C1. The van der Waals surface area contributed by atoms with Crippen LogP contribution in [0.15, 0.2) is 42.7 Å². The van der Waals surface area contributed by atoms with Crippen molar-refractivity contribution in [1.82, 2.24) is 19.8 Å². The third-order valence-electron chi connectivity index (χ3n) is 4.40. The van der Waals surface area contributed by atoms with E-state index in [-0.39, 0.29) is 17.5 Å². The Morgan fingerprint density at radius 1 is 1.24 bits per heavy atom. The molecule has 0 unspecified atom stereocenters. The maximum atomic E-state index is 13.7. The van der Waals surface area contributed by atoms with Crippen molar-refractivity contribution in [3.8, 4) is 0 Å². The number of carbonyl (C=O) groups excluding carboxylic acids is 1. The zero-order valence-corrected chi connectivity index (χ0v) is 13.5. The van der Waals surface area contributed by atoms with Crippen LogP contribution in [0.1, 0.15) is 12.8 Å². The average molecular weight is 340 g/mol. The minimum absolute atomic E-state index is 0.167. The quantitative estimate of drug-likeness (QED) is 0.790. The van der Waals surface area contributed by atoms with E-state index in [4.69, 9.17) is 0 Å². The summed E-state index contributed by atoms with van der Waals surface area (Å²) in [6, 6.07) is 9.92. The molecule has 0 bridgehead atoms. The Kier molecular flexibility index (Phi) is 4.01. The van der Waals surface area contributed by atoms with Gasteiger partial charge in [0.2, 0.25) is 5.91 Å². The molecule has 7 nitrogen and oxygen atoms in total. The predicted octanol–water partition coefficient (Wildman–Crippen LogP) is 2.12. The largest absolute Gasteiger partial charge is 0.354 e. The van der Waals surface area contributed by atoms with Crippen LogP contribution in [0.5, 0.6) is 0 Å². The summed E-state index contributed by atoms with van der Waals surface area (Å²) in [6.07, 6.45) is 3.19. The summed E-state index contributed by atoms with van der Waals surface area (Å²) >= 11 is 0. The lowest BCUT2D eigenvalue weighted by Gasteiger charge is -2.32. The third-order valence-corrected chi connectivity index (χ3v) is 4.40. The molecule has 25 heavy (non-hydrogen) atoms. The molecule has 128 valence electrons. The maximum Gasteiger partial charge on any atom is 0.229 e. The topological polar surface area (TPSA) is 75.4 Å². The van der Waals surface area contributed by atoms with E-state index >= 15 is 0 Å². The maximum absolute atomic E-state index is 13.7. The standard InChI is InChI=1S/C17H17FN6O/c18-13-5-1-2-6-14(13)20-17(25)12-4-3-9-23(10-12)16-8-7-15-21-19-11-24(15)22-16/h1-2,5-8,11-12H,3-4,9-10H2,(H,20,25)/t12-/m1/s1. The highest BCUT2D eigenvalue weighted by atomic mass is 19.1. The Labute approximate surface area is 143 Å². The van der Waals surface area contributed by atoms with E-state index in [1.165, 1.54) is 6.07 Å². The van der Waals surface area contributed by atoms with Crippen molar-refractivity contribution < 1.29 is 9.18 Å². The molecule has 1 atom stereocenters. The molecule has 1 aliphatic heterocycles. The lowest BCUT2D eigenvalue weighted by Crippen LogP contribution is -2.41. The predicted molar refractivity (Wildman–Crippen MR) is 90.7 cm³/mol. The third kappa shape index (κ3) is 3.15. The van der Waals surface area contributed by atoms with Gasteiger partial charge in [0.05, 0.1) is 11.6 Å². The van der Waals surface area contributed by atoms with Crippen molar-refractivity contribution in [2.45, 2.75) is 12.8 Å². The Balaban J connectivity index is 1.48. The fourth-order valence-electron chi connectivity index (χ4n) is 3.08. The number of aromatic nitrogens is 4. The first kappa shape index (κ1) is 15.5. The van der Waals surface area contributed by atoms with Gasteiger partial charge in [0.15, 0.2) is 5.65 Å². The molecule has 1 amide bonds. The zero-order valence-electron chi connectivity index (χ0n) is 13.5. The van der Waals surface area contributed by atoms with Crippen LogP contribution < -0.4 is 10.2 Å². The first-order valence-corrected chi connectivity index (χ1v) is 8.18. The Hall–Kier alpha value is -3.03. The fraction of sp³-hybridized carbons (Fsp3) is 0.294. The minimum Gasteiger partial charge on any atom is -0.354 e. The van der Waals surface area contributed by atoms with Gasteiger partial charge in [-0.05, 0) is 37.1 Å². The number of hydrogen-bond donors (Lipinski definition) is 1. The Morgan fingerprint density at radius 2 is 2.12 bits per heavy atom. The number of hydrogen-bond acceptors (Lipinski definition) is 5. The first-order chi connectivity index (χ1) is 12.2. The van der Waals surface area contributed by atoms with Crippen molar-refractivity contribution in [2.24, 2.45) is 5.92 Å². The molecule has 3 heterocycles. The molecule has 0 spiro atoms. The number of benzene rings is 1. The summed E-state index contributed by atoms with van der Waals surface area (Å²) in [4.78, 5) is 14.6. The van der Waals surface area contributed by atoms with Gasteiger partial charge in [-0.1, -0.05) is 12.1 Å². The molecule has 3 aromatic rings. The molecule has 0 aliphatic carbocycles. The second kappa shape index (κ2) is 6.46. The number of carbonyl (C=O) groups is 1. The molecule has 1 N–H and O–H groups in total. The molecule has 0 saturated carbocycles. The molecular formula is C17H17FN6O. The molecule has 8 heteroatoms. The van der Waals surface area contributed by atoms with Crippen LogP contribution in [0.4, 0.5) is 15.9 Å². The van der Waals surface area contributed by atoms with Gasteiger partial charge in [0, 0.05) is 13.1 Å². The van der Waals surface area contributed by atoms with Crippen molar-refractivity contribution in [2.75, 3.05) is 23.3 Å². The molecule has 1 fully saturated rings. The molecular weight excluding hydrogens is 323 g/mol. The van der Waals surface area contributed by atoms with E-state index in [1.807, 2.05) is 12.1 Å². The van der Waals surface area contributed by atoms with E-state index in [1.54, 1.807) is 29.0 Å². The van der Waals surface area contributed by atoms with Crippen LogP contribution in [-0.4, -0.2) is 38.8 Å². The summed E-state index contributed by atoms with van der Waals surface area (Å²) in [5.74, 6) is -0.0362. The number of piperidine rings is 1. The number of fused-ring (bicyclic) bond motifs is 1. The first-order valence-electron chi connectivity index (χ1n) is 8.18. The van der Waals surface area contributed by atoms with Gasteiger partial charge in [-0.25, -0.2) is 4.39 Å². The molecule has 2 aromatic heterocycles. The highest BCUT2D eigenvalue weighted by molar-refractivity contribution is 5.93. The molecule has 1 aliphatic rings. The summed E-state index contributed by atoms with van der Waals surface area (Å²) in [5, 5.41) is 14.9. The summed E-state index contributed by atoms with van der Waals surface area (Å²) in [7, 11) is 0. The summed E-state index contributed by atoms with van der Waals surface area (Å²) in [5.41, 5.74) is 0.892. The molecule has 4 rings (SSSR count). The van der Waals surface area contributed by atoms with Crippen molar-refractivity contribution in [1.29, 1.82) is 0 Å². The van der Waals surface area contributed by atoms with Crippen molar-refractivity contribution >= 4 is 23.1 Å². The summed E-state index contributed by atoms with van der Waals surface area (Å²) < 4.78 is 15.3. The van der Waals surface area contributed by atoms with E-state index in [0.717, 1.165) is 25.2 Å². The number of rotatable bonds is 3. The second-order valence-electron chi connectivity index (χ2n) is 6.08. The zero-order chi connectivity index (χ0) is 17.2. The van der Waals surface area contributed by atoms with Gasteiger partial charge in [-0.2, -0.15) is 4.52 Å². The lowest BCUT2D eigenvalue weighted by molar-refractivity contribution is -0.120. The van der Waals surface area contributed by atoms with Crippen LogP contribution in [0.25, 0.3) is 5.65 Å². The van der Waals surface area contributed by atoms with Crippen molar-refractivity contribution in [3.05, 3.63) is 48.5 Å². The smallest absolute Gasteiger partial charge is 0.229 e. The van der Waals surface area contributed by atoms with Gasteiger partial charge in [0.25, 0.3) is 0 Å². The van der Waals surface area contributed by atoms with Crippen LogP contribution in [0, 0.1) is 11.7 Å². The van der Waals surface area contributed by atoms with Crippen molar-refractivity contribution in [3.63, 3.8) is 0 Å². The van der Waals surface area contributed by atoms with Crippen LogP contribution in [-0.2, 0) is 4.79 Å². The van der Waals surface area contributed by atoms with Gasteiger partial charge >= 0.3 is 0 Å². The number of para-hydroxylation sites is 1. The number of anilines is 2. The monoisotopic (exact) mass is 340 g/mol. The van der Waals surface area contributed by atoms with Crippen LogP contribution in [0.3, 0.4) is 0 Å². The molecule has 0 radical (unpaired) electrons. The van der Waals surface area contributed by atoms with E-state index in [2.05, 4.69) is 25.5 Å². The number of nitrogens with one attached hydrogen (secondary N) is 1. The lowest BCUT2D eigenvalue weighted by atomic mass is 9.97. The van der Waals surface area contributed by atoms with E-state index < -0.39 is 5.82 Å². The Morgan fingerprint density at radius 3 is 3.00 bits per heavy atom. The van der Waals surface area contributed by atoms with E-state index in [0.29, 0.717) is 12.2 Å². The second-order valence-corrected chi connectivity index (χ2v) is 6.08. The number of amides is 1. The Bertz CT molecular complexity index is 911. The van der Waals surface area contributed by atoms with Gasteiger partial charge in [0.1, 0.15) is 18.0 Å². The van der Waals surface area contributed by atoms with Crippen LogP contribution >= 0.6 is 0 Å². The van der Waals surface area contributed by atoms with Gasteiger partial charge < -0.3 is 10.2 Å². The van der Waals surface area contributed by atoms with Gasteiger partial charge in [-0.3, -0.25) is 4.79 Å². The molecule has 1 saturated heterocycles. The highest BCUT2D eigenvalue weighted by Crippen LogP contribution is 2.23. The normalized spacial score (nSPS) is 17.6.